The van der Waals surface area contributed by atoms with Gasteiger partial charge in [0.05, 0.1) is 12.1 Å². The summed E-state index contributed by atoms with van der Waals surface area (Å²) in [5.41, 5.74) is 1.17. The lowest BCUT2D eigenvalue weighted by Gasteiger charge is -2.23. The first kappa shape index (κ1) is 13.9. The molecule has 19 heavy (non-hydrogen) atoms. The third-order valence-electron chi connectivity index (χ3n) is 3.18. The van der Waals surface area contributed by atoms with Crippen molar-refractivity contribution in [3.63, 3.8) is 0 Å². The predicted molar refractivity (Wildman–Crippen MR) is 72.6 cm³/mol. The molecule has 4 heteroatoms. The Balaban J connectivity index is 2.04. The number of carbonyl (C=O) groups excluding carboxylic acids is 1. The highest BCUT2D eigenvalue weighted by molar-refractivity contribution is 5.70. The second-order valence-electron chi connectivity index (χ2n) is 6.06. The Morgan fingerprint density at radius 3 is 2.32 bits per heavy atom. The Kier molecular flexibility index (Phi) is 3.54. The summed E-state index contributed by atoms with van der Waals surface area (Å²) in [7, 11) is 0. The molecule has 1 fully saturated rings. The maximum Gasteiger partial charge on any atom is 0.408 e. The van der Waals surface area contributed by atoms with Crippen molar-refractivity contribution in [1.82, 2.24) is 5.32 Å². The van der Waals surface area contributed by atoms with Crippen molar-refractivity contribution < 1.29 is 14.6 Å². The molecule has 104 valence electrons. The van der Waals surface area contributed by atoms with Crippen LogP contribution in [0.25, 0.3) is 0 Å². The molecule has 1 aliphatic carbocycles. The van der Waals surface area contributed by atoms with Gasteiger partial charge in [0.15, 0.2) is 0 Å². The molecule has 0 bridgehead atoms. The van der Waals surface area contributed by atoms with Crippen LogP contribution in [-0.4, -0.2) is 16.8 Å². The molecule has 1 amide bonds. The van der Waals surface area contributed by atoms with E-state index in [9.17, 15) is 4.79 Å². The van der Waals surface area contributed by atoms with Gasteiger partial charge in [0.25, 0.3) is 0 Å². The molecular formula is C15H21NO3. The number of hydrogen-bond donors (Lipinski definition) is 2. The summed E-state index contributed by atoms with van der Waals surface area (Å²) in [6, 6.07) is 7.67. The van der Waals surface area contributed by atoms with Gasteiger partial charge in [-0.25, -0.2) is 4.79 Å². The Morgan fingerprint density at radius 2 is 1.89 bits per heavy atom. The number of alkyl carbamates (subject to hydrolysis) is 1. The second kappa shape index (κ2) is 4.85. The van der Waals surface area contributed by atoms with Gasteiger partial charge in [0, 0.05) is 0 Å². The minimum absolute atomic E-state index is 0.0345. The highest BCUT2D eigenvalue weighted by Crippen LogP contribution is 2.45. The normalized spacial score (nSPS) is 16.8. The summed E-state index contributed by atoms with van der Waals surface area (Å²) in [5, 5.41) is 12.0. The van der Waals surface area contributed by atoms with Gasteiger partial charge in [-0.3, -0.25) is 0 Å². The molecule has 1 aliphatic rings. The summed E-state index contributed by atoms with van der Waals surface area (Å²) in [6.07, 6.45) is 1.46. The fraction of sp³-hybridized carbons (Fsp3) is 0.533. The first-order chi connectivity index (χ1) is 8.85. The van der Waals surface area contributed by atoms with Gasteiger partial charge in [-0.1, -0.05) is 24.3 Å². The van der Waals surface area contributed by atoms with Gasteiger partial charge in [-0.05, 0) is 44.7 Å². The topological polar surface area (TPSA) is 58.6 Å². The van der Waals surface area contributed by atoms with Crippen LogP contribution >= 0.6 is 0 Å². The van der Waals surface area contributed by atoms with Crippen molar-refractivity contribution in [2.24, 2.45) is 0 Å². The lowest BCUT2D eigenvalue weighted by molar-refractivity contribution is 0.0495. The quantitative estimate of drug-likeness (QED) is 0.881. The number of rotatable bonds is 3. The van der Waals surface area contributed by atoms with Gasteiger partial charge in [-0.15, -0.1) is 0 Å². The van der Waals surface area contributed by atoms with Gasteiger partial charge < -0.3 is 15.2 Å². The molecule has 2 N–H and O–H groups in total. The van der Waals surface area contributed by atoms with Crippen LogP contribution in [0.15, 0.2) is 24.3 Å². The number of aliphatic hydroxyl groups excluding tert-OH is 1. The molecule has 4 nitrogen and oxygen atoms in total. The van der Waals surface area contributed by atoms with E-state index in [4.69, 9.17) is 9.84 Å². The second-order valence-corrected chi connectivity index (χ2v) is 6.06. The summed E-state index contributed by atoms with van der Waals surface area (Å²) in [4.78, 5) is 11.8. The fourth-order valence-electron chi connectivity index (χ4n) is 2.04. The highest BCUT2D eigenvalue weighted by atomic mass is 16.6. The summed E-state index contributed by atoms with van der Waals surface area (Å²) < 4.78 is 5.29. The number of ether oxygens (including phenoxy) is 1. The minimum Gasteiger partial charge on any atom is -0.444 e. The van der Waals surface area contributed by atoms with E-state index in [2.05, 4.69) is 5.32 Å². The van der Waals surface area contributed by atoms with E-state index in [1.807, 2.05) is 45.0 Å². The van der Waals surface area contributed by atoms with E-state index in [1.54, 1.807) is 0 Å². The van der Waals surface area contributed by atoms with Gasteiger partial charge in [-0.2, -0.15) is 0 Å². The largest absolute Gasteiger partial charge is 0.444 e. The SMILES string of the molecule is CC(C)(C)OC(=O)NC1(c2ccc(CO)cc2)CC1. The molecule has 0 radical (unpaired) electrons. The molecule has 2 rings (SSSR count). The summed E-state index contributed by atoms with van der Waals surface area (Å²) in [5.74, 6) is 0. The first-order valence-electron chi connectivity index (χ1n) is 6.56. The van der Waals surface area contributed by atoms with Crippen LogP contribution in [-0.2, 0) is 16.9 Å². The van der Waals surface area contributed by atoms with Gasteiger partial charge in [0.1, 0.15) is 5.60 Å². The van der Waals surface area contributed by atoms with E-state index in [1.165, 1.54) is 0 Å². The highest BCUT2D eigenvalue weighted by Gasteiger charge is 2.46. The summed E-state index contributed by atoms with van der Waals surface area (Å²) in [6.45, 7) is 5.58. The molecule has 0 spiro atoms. The average Bonchev–Trinajstić information content (AvgIpc) is 3.07. The van der Waals surface area contributed by atoms with Crippen LogP contribution in [0.3, 0.4) is 0 Å². The molecular weight excluding hydrogens is 242 g/mol. The maximum absolute atomic E-state index is 11.8. The zero-order valence-electron chi connectivity index (χ0n) is 11.7. The van der Waals surface area contributed by atoms with Crippen LogP contribution in [0.5, 0.6) is 0 Å². The third-order valence-corrected chi connectivity index (χ3v) is 3.18. The number of benzene rings is 1. The molecule has 0 unspecified atom stereocenters. The standard InChI is InChI=1S/C15H21NO3/c1-14(2,3)19-13(18)16-15(8-9-15)12-6-4-11(10-17)5-7-12/h4-7,17H,8-10H2,1-3H3,(H,16,18). The van der Waals surface area contributed by atoms with E-state index in [-0.39, 0.29) is 18.2 Å². The van der Waals surface area contributed by atoms with Crippen LogP contribution in [0.2, 0.25) is 0 Å². The van der Waals surface area contributed by atoms with Crippen molar-refractivity contribution in [3.8, 4) is 0 Å². The van der Waals surface area contributed by atoms with E-state index in [0.717, 1.165) is 24.0 Å². The van der Waals surface area contributed by atoms with Crippen LogP contribution < -0.4 is 5.32 Å². The predicted octanol–water partition coefficient (Wildman–Crippen LogP) is 2.69. The van der Waals surface area contributed by atoms with E-state index in [0.29, 0.717) is 0 Å². The number of carbonyl (C=O) groups is 1. The third kappa shape index (κ3) is 3.47. The van der Waals surface area contributed by atoms with Crippen molar-refractivity contribution in [3.05, 3.63) is 35.4 Å². The molecule has 1 aromatic rings. The first-order valence-corrected chi connectivity index (χ1v) is 6.56. The Labute approximate surface area is 113 Å². The van der Waals surface area contributed by atoms with Crippen LogP contribution in [0.4, 0.5) is 4.79 Å². The van der Waals surface area contributed by atoms with Gasteiger partial charge >= 0.3 is 6.09 Å². The van der Waals surface area contributed by atoms with Crippen molar-refractivity contribution in [2.45, 2.75) is 51.4 Å². The molecule has 0 heterocycles. The van der Waals surface area contributed by atoms with Crippen molar-refractivity contribution in [1.29, 1.82) is 0 Å². The Bertz CT molecular complexity index is 455. The molecule has 1 saturated carbocycles. The molecule has 0 aromatic heterocycles. The van der Waals surface area contributed by atoms with Crippen LogP contribution in [0.1, 0.15) is 44.7 Å². The number of amides is 1. The fourth-order valence-corrected chi connectivity index (χ4v) is 2.04. The molecule has 1 aromatic carbocycles. The summed E-state index contributed by atoms with van der Waals surface area (Å²) >= 11 is 0. The average molecular weight is 263 g/mol. The number of nitrogens with one attached hydrogen (secondary N) is 1. The van der Waals surface area contributed by atoms with Gasteiger partial charge in [0.2, 0.25) is 0 Å². The zero-order chi connectivity index (χ0) is 14.1. The Morgan fingerprint density at radius 1 is 1.32 bits per heavy atom. The monoisotopic (exact) mass is 263 g/mol. The zero-order valence-corrected chi connectivity index (χ0v) is 11.7. The molecule has 0 saturated heterocycles. The molecule has 0 atom stereocenters. The number of aliphatic hydroxyl groups is 1. The minimum atomic E-state index is -0.485. The van der Waals surface area contributed by atoms with Crippen LogP contribution in [0, 0.1) is 0 Å². The smallest absolute Gasteiger partial charge is 0.408 e. The van der Waals surface area contributed by atoms with Crippen molar-refractivity contribution in [2.75, 3.05) is 0 Å². The van der Waals surface area contributed by atoms with E-state index >= 15 is 0 Å². The van der Waals surface area contributed by atoms with E-state index < -0.39 is 5.60 Å². The van der Waals surface area contributed by atoms with Crippen molar-refractivity contribution >= 4 is 6.09 Å². The molecule has 0 aliphatic heterocycles. The Hall–Kier alpha value is -1.55. The lowest BCUT2D eigenvalue weighted by Crippen LogP contribution is -2.39. The lowest BCUT2D eigenvalue weighted by atomic mass is 10.0. The maximum atomic E-state index is 11.8. The number of hydrogen-bond acceptors (Lipinski definition) is 3.